The molecule has 34 heavy (non-hydrogen) atoms. The van der Waals surface area contributed by atoms with Crippen LogP contribution in [-0.4, -0.2) is 78.0 Å². The number of nitrogens with zero attached hydrogens (tertiary/aromatic N) is 5. The van der Waals surface area contributed by atoms with E-state index in [1.165, 1.54) is 0 Å². The Morgan fingerprint density at radius 2 is 1.29 bits per heavy atom. The first-order chi connectivity index (χ1) is 16.5. The molecule has 3 aromatic heterocycles. The fraction of sp³-hybridized carbons (Fsp3) is 0.435. The maximum Gasteiger partial charge on any atom is 0.239 e. The lowest BCUT2D eigenvalue weighted by molar-refractivity contribution is -0.376. The summed E-state index contributed by atoms with van der Waals surface area (Å²) in [5, 5.41) is 6.80. The summed E-state index contributed by atoms with van der Waals surface area (Å²) < 4.78 is 0. The van der Waals surface area contributed by atoms with Gasteiger partial charge in [-0.25, -0.2) is 20.0 Å². The van der Waals surface area contributed by atoms with Gasteiger partial charge in [0, 0.05) is 54.1 Å². The van der Waals surface area contributed by atoms with E-state index in [0.29, 0.717) is 13.1 Å². The number of H-pyrrole nitrogens is 4. The first-order valence-electron chi connectivity index (χ1n) is 11.4. The number of rotatable bonds is 10. The first kappa shape index (κ1) is 24.7. The zero-order valence-electron chi connectivity index (χ0n) is 20.5. The smallest absolute Gasteiger partial charge is 0.239 e. The van der Waals surface area contributed by atoms with Gasteiger partial charge in [0.2, 0.25) is 12.7 Å². The van der Waals surface area contributed by atoms with Gasteiger partial charge in [-0.15, -0.1) is 0 Å². The molecule has 0 aromatic carbocycles. The van der Waals surface area contributed by atoms with Gasteiger partial charge in [0.15, 0.2) is 11.9 Å². The Morgan fingerprint density at radius 3 is 1.68 bits per heavy atom. The summed E-state index contributed by atoms with van der Waals surface area (Å²) in [6.45, 7) is 2.58. The third-order valence-corrected chi connectivity index (χ3v) is 5.05. The molecule has 0 saturated carbocycles. The van der Waals surface area contributed by atoms with Crippen molar-refractivity contribution in [3.05, 3.63) is 66.0 Å². The third-order valence-electron chi connectivity index (χ3n) is 5.05. The third kappa shape index (κ3) is 8.23. The van der Waals surface area contributed by atoms with Crippen LogP contribution in [0.4, 0.5) is 0 Å². The molecule has 0 bridgehead atoms. The van der Waals surface area contributed by atoms with E-state index in [4.69, 9.17) is 15.0 Å². The second kappa shape index (κ2) is 13.0. The van der Waals surface area contributed by atoms with Crippen molar-refractivity contribution in [3.63, 3.8) is 0 Å². The first-order valence-corrected chi connectivity index (χ1v) is 11.4. The molecular formula is C23H37N11+2. The van der Waals surface area contributed by atoms with Crippen LogP contribution < -0.4 is 20.6 Å². The molecular weight excluding hydrogens is 430 g/mol. The van der Waals surface area contributed by atoms with Crippen LogP contribution in [0.1, 0.15) is 22.8 Å². The highest BCUT2D eigenvalue weighted by molar-refractivity contribution is 5.79. The van der Waals surface area contributed by atoms with Crippen molar-refractivity contribution in [2.24, 2.45) is 9.98 Å². The van der Waals surface area contributed by atoms with Gasteiger partial charge in [-0.1, -0.05) is 6.07 Å². The van der Waals surface area contributed by atoms with Crippen molar-refractivity contribution in [1.29, 1.82) is 0 Å². The number of pyridine rings is 1. The lowest BCUT2D eigenvalue weighted by Crippen LogP contribution is -2.37. The maximum atomic E-state index is 4.75. The fourth-order valence-corrected chi connectivity index (χ4v) is 3.27. The van der Waals surface area contributed by atoms with Crippen molar-refractivity contribution >= 4 is 11.9 Å². The van der Waals surface area contributed by atoms with Crippen molar-refractivity contribution in [2.75, 3.05) is 41.3 Å². The Balaban J connectivity index is 1.54. The van der Waals surface area contributed by atoms with E-state index in [1.54, 1.807) is 0 Å². The number of aromatic nitrogens is 5. The van der Waals surface area contributed by atoms with E-state index in [-0.39, 0.29) is 0 Å². The number of aromatic amines is 4. The molecule has 0 radical (unpaired) electrons. The molecule has 0 aliphatic heterocycles. The number of guanidine groups is 2. The Bertz CT molecular complexity index is 942. The van der Waals surface area contributed by atoms with Crippen LogP contribution in [-0.2, 0) is 25.9 Å². The van der Waals surface area contributed by atoms with Crippen LogP contribution >= 0.6 is 0 Å². The molecule has 0 atom stereocenters. The van der Waals surface area contributed by atoms with Crippen LogP contribution in [0.15, 0.2) is 53.2 Å². The highest BCUT2D eigenvalue weighted by Crippen LogP contribution is 2.04. The van der Waals surface area contributed by atoms with Gasteiger partial charge in [-0.2, -0.15) is 0 Å². The van der Waals surface area contributed by atoms with E-state index in [1.807, 2.05) is 81.2 Å². The van der Waals surface area contributed by atoms with E-state index >= 15 is 0 Å². The van der Waals surface area contributed by atoms with E-state index < -0.39 is 0 Å². The molecule has 3 aromatic rings. The monoisotopic (exact) mass is 467 g/mol. The van der Waals surface area contributed by atoms with Crippen LogP contribution in [0, 0.1) is 0 Å². The standard InChI is InChI=1S/C23H35N11/c1-33(2)22(26-10-8-18-12-24-16-30-18)28-14-20-6-5-7-21(32-20)15-29-23(34(3)4)27-11-9-19-13-25-17-31-19/h5-7,12-13,16-17H,8-11,14-15H2,1-4H3,(H,24,30)(H,25,31)(H,26,28)(H,27,29)/p+2. The van der Waals surface area contributed by atoms with E-state index in [9.17, 15) is 0 Å². The largest absolute Gasteiger partial charge is 0.356 e. The quantitative estimate of drug-likeness (QED) is 0.244. The van der Waals surface area contributed by atoms with Crippen LogP contribution in [0.5, 0.6) is 0 Å². The highest BCUT2D eigenvalue weighted by Gasteiger charge is 2.06. The van der Waals surface area contributed by atoms with Crippen molar-refractivity contribution < 1.29 is 9.97 Å². The highest BCUT2D eigenvalue weighted by atomic mass is 15.3. The van der Waals surface area contributed by atoms with Gasteiger partial charge in [-0.3, -0.25) is 15.0 Å². The molecule has 11 nitrogen and oxygen atoms in total. The zero-order chi connectivity index (χ0) is 24.2. The Labute approximate surface area is 200 Å². The summed E-state index contributed by atoms with van der Waals surface area (Å²) >= 11 is 0. The van der Waals surface area contributed by atoms with Gasteiger partial charge in [0.05, 0.1) is 24.5 Å². The molecule has 3 heterocycles. The molecule has 0 fully saturated rings. The zero-order valence-corrected chi connectivity index (χ0v) is 20.5. The molecule has 0 saturated heterocycles. The normalized spacial score (nSPS) is 12.0. The van der Waals surface area contributed by atoms with Crippen molar-refractivity contribution in [1.82, 2.24) is 35.4 Å². The molecule has 0 aliphatic rings. The van der Waals surface area contributed by atoms with Crippen LogP contribution in [0.2, 0.25) is 0 Å². The minimum atomic E-state index is 0.500. The van der Waals surface area contributed by atoms with E-state index in [2.05, 4.69) is 30.6 Å². The van der Waals surface area contributed by atoms with Crippen molar-refractivity contribution in [2.45, 2.75) is 25.9 Å². The van der Waals surface area contributed by atoms with Gasteiger partial charge in [0.25, 0.3) is 0 Å². The Hall–Kier alpha value is -3.89. The lowest BCUT2D eigenvalue weighted by atomic mass is 10.3. The maximum absolute atomic E-state index is 4.75. The van der Waals surface area contributed by atoms with Crippen LogP contribution in [0.3, 0.4) is 0 Å². The molecule has 182 valence electrons. The molecule has 3 rings (SSSR count). The molecule has 0 amide bonds. The number of hydrogen-bond donors (Lipinski definition) is 4. The SMILES string of the molecule is CN(C)C(=NCc1cccc(CN=C(NCCc2c[nH+]c[nH]2)N(C)C)n1)NCCc1c[nH+]c[nH]1. The predicted molar refractivity (Wildman–Crippen MR) is 132 cm³/mol. The average Bonchev–Trinajstić information content (AvgIpc) is 3.52. The number of hydrogen-bond acceptors (Lipinski definition) is 3. The van der Waals surface area contributed by atoms with Gasteiger partial charge >= 0.3 is 0 Å². The Kier molecular flexibility index (Phi) is 9.44. The summed E-state index contributed by atoms with van der Waals surface area (Å²) in [4.78, 5) is 30.6. The van der Waals surface area contributed by atoms with Crippen molar-refractivity contribution in [3.8, 4) is 0 Å². The summed E-state index contributed by atoms with van der Waals surface area (Å²) in [5.41, 5.74) is 4.12. The molecule has 0 spiro atoms. The molecule has 11 heteroatoms. The second-order valence-electron chi connectivity index (χ2n) is 8.29. The minimum Gasteiger partial charge on any atom is -0.356 e. The molecule has 0 unspecified atom stereocenters. The summed E-state index contributed by atoms with van der Waals surface area (Å²) in [5.74, 6) is 1.67. The topological polar surface area (TPSA) is 128 Å². The second-order valence-corrected chi connectivity index (χ2v) is 8.29. The van der Waals surface area contributed by atoms with Crippen LogP contribution in [0.25, 0.3) is 0 Å². The number of aliphatic imine (C=N–C) groups is 2. The molecule has 6 N–H and O–H groups in total. The summed E-state index contributed by atoms with van der Waals surface area (Å²) in [7, 11) is 7.93. The average molecular weight is 468 g/mol. The van der Waals surface area contributed by atoms with Gasteiger partial charge in [0.1, 0.15) is 23.8 Å². The lowest BCUT2D eigenvalue weighted by Gasteiger charge is -2.17. The van der Waals surface area contributed by atoms with Gasteiger partial charge in [-0.05, 0) is 12.1 Å². The Morgan fingerprint density at radius 1 is 0.824 bits per heavy atom. The minimum absolute atomic E-state index is 0.500. The summed E-state index contributed by atoms with van der Waals surface area (Å²) in [6.07, 6.45) is 9.33. The van der Waals surface area contributed by atoms with Gasteiger partial charge < -0.3 is 20.4 Å². The predicted octanol–water partition coefficient (Wildman–Crippen LogP) is -0.134. The fourth-order valence-electron chi connectivity index (χ4n) is 3.27. The summed E-state index contributed by atoms with van der Waals surface area (Å²) in [6, 6.07) is 6.01. The number of imidazole rings is 2. The molecule has 0 aliphatic carbocycles. The van der Waals surface area contributed by atoms with E-state index in [0.717, 1.165) is 60.6 Å². The number of nitrogens with one attached hydrogen (secondary N) is 6.